The number of carbonyl (C=O) groups is 2. The minimum absolute atomic E-state index is 0.241. The van der Waals surface area contributed by atoms with Crippen LogP contribution in [0.5, 0.6) is 11.5 Å². The third kappa shape index (κ3) is 6.02. The van der Waals surface area contributed by atoms with Gasteiger partial charge < -0.3 is 9.47 Å². The van der Waals surface area contributed by atoms with E-state index in [4.69, 9.17) is 9.47 Å². The smallest absolute Gasteiger partial charge is 0.311 e. The van der Waals surface area contributed by atoms with E-state index < -0.39 is 0 Å². The number of halogens is 1. The van der Waals surface area contributed by atoms with Gasteiger partial charge in [0, 0.05) is 28.5 Å². The van der Waals surface area contributed by atoms with Gasteiger partial charge in [0.25, 0.3) is 5.91 Å². The highest BCUT2D eigenvalue weighted by molar-refractivity contribution is 9.10. The average Bonchev–Trinajstić information content (AvgIpc) is 3.29. The second kappa shape index (κ2) is 10.9. The van der Waals surface area contributed by atoms with Crippen molar-refractivity contribution in [3.05, 3.63) is 70.2 Å². The van der Waals surface area contributed by atoms with Crippen LogP contribution in [-0.4, -0.2) is 24.0 Å². The molecule has 0 unspecified atom stereocenters. The lowest BCUT2D eigenvalue weighted by Gasteiger charge is -2.18. The van der Waals surface area contributed by atoms with E-state index in [1.54, 1.807) is 35.4 Å². The Balaban J connectivity index is 1.82. The first-order valence-electron chi connectivity index (χ1n) is 9.57. The third-order valence-corrected chi connectivity index (χ3v) is 5.49. The molecule has 0 bridgehead atoms. The van der Waals surface area contributed by atoms with Crippen LogP contribution < -0.4 is 14.4 Å². The Labute approximate surface area is 193 Å². The molecule has 0 radical (unpaired) electrons. The van der Waals surface area contributed by atoms with Crippen molar-refractivity contribution in [3.63, 3.8) is 0 Å². The van der Waals surface area contributed by atoms with Crippen molar-refractivity contribution in [2.45, 2.75) is 19.8 Å². The topological polar surface area (TPSA) is 68.7 Å². The summed E-state index contributed by atoms with van der Waals surface area (Å²) < 4.78 is 11.6. The molecule has 8 heteroatoms. The SMILES string of the molecule is CCCC(=O)Oc1ccc(C=CC(=O)N(c2ccc(Br)cc2)c2nccs2)cc1OC. The summed E-state index contributed by atoms with van der Waals surface area (Å²) in [7, 11) is 1.50. The molecule has 31 heavy (non-hydrogen) atoms. The molecule has 0 aliphatic carbocycles. The fourth-order valence-corrected chi connectivity index (χ4v) is 3.67. The van der Waals surface area contributed by atoms with E-state index in [1.807, 2.05) is 36.6 Å². The van der Waals surface area contributed by atoms with Crippen LogP contribution in [0.1, 0.15) is 25.3 Å². The summed E-state index contributed by atoms with van der Waals surface area (Å²) in [5.74, 6) is 0.218. The number of carbonyl (C=O) groups excluding carboxylic acids is 2. The summed E-state index contributed by atoms with van der Waals surface area (Å²) in [6.45, 7) is 1.91. The van der Waals surface area contributed by atoms with Gasteiger partial charge in [-0.25, -0.2) is 4.98 Å². The second-order valence-corrected chi connectivity index (χ2v) is 8.22. The van der Waals surface area contributed by atoms with E-state index in [0.29, 0.717) is 35.2 Å². The van der Waals surface area contributed by atoms with Gasteiger partial charge in [0.1, 0.15) is 0 Å². The predicted octanol–water partition coefficient (Wildman–Crippen LogP) is 6.00. The minimum atomic E-state index is -0.312. The molecule has 1 heterocycles. The molecule has 160 valence electrons. The molecule has 0 saturated heterocycles. The fraction of sp³-hybridized carbons (Fsp3) is 0.174. The molecule has 3 aromatic rings. The van der Waals surface area contributed by atoms with Crippen LogP contribution >= 0.6 is 27.3 Å². The van der Waals surface area contributed by atoms with Crippen molar-refractivity contribution in [2.75, 3.05) is 12.0 Å². The van der Waals surface area contributed by atoms with Crippen molar-refractivity contribution in [1.29, 1.82) is 0 Å². The molecule has 0 atom stereocenters. The van der Waals surface area contributed by atoms with E-state index in [2.05, 4.69) is 20.9 Å². The van der Waals surface area contributed by atoms with Gasteiger partial charge in [0.15, 0.2) is 16.6 Å². The maximum atomic E-state index is 13.0. The van der Waals surface area contributed by atoms with Crippen LogP contribution in [0.3, 0.4) is 0 Å². The lowest BCUT2D eigenvalue weighted by Crippen LogP contribution is -2.23. The van der Waals surface area contributed by atoms with Gasteiger partial charge in [-0.3, -0.25) is 14.5 Å². The number of methoxy groups -OCH3 is 1. The summed E-state index contributed by atoms with van der Waals surface area (Å²) >= 11 is 4.79. The van der Waals surface area contributed by atoms with E-state index in [9.17, 15) is 9.59 Å². The monoisotopic (exact) mass is 500 g/mol. The highest BCUT2D eigenvalue weighted by Crippen LogP contribution is 2.31. The number of amides is 1. The van der Waals surface area contributed by atoms with Crippen LogP contribution in [0.4, 0.5) is 10.8 Å². The Kier molecular flexibility index (Phi) is 7.97. The summed E-state index contributed by atoms with van der Waals surface area (Å²) in [6.07, 6.45) is 5.86. The quantitative estimate of drug-likeness (QED) is 0.215. The number of hydrogen-bond acceptors (Lipinski definition) is 6. The van der Waals surface area contributed by atoms with Gasteiger partial charge in [-0.1, -0.05) is 28.9 Å². The van der Waals surface area contributed by atoms with Crippen molar-refractivity contribution in [1.82, 2.24) is 4.98 Å². The molecule has 2 aromatic carbocycles. The molecule has 3 rings (SSSR count). The number of thiazole rings is 1. The maximum Gasteiger partial charge on any atom is 0.311 e. The Bertz CT molecular complexity index is 1070. The van der Waals surface area contributed by atoms with Crippen LogP contribution in [0, 0.1) is 0 Å². The van der Waals surface area contributed by atoms with Crippen LogP contribution in [0.25, 0.3) is 6.08 Å². The molecule has 1 aromatic heterocycles. The van der Waals surface area contributed by atoms with Crippen molar-refractivity contribution < 1.29 is 19.1 Å². The molecular weight excluding hydrogens is 480 g/mol. The fourth-order valence-electron chi connectivity index (χ4n) is 2.74. The normalized spacial score (nSPS) is 10.8. The molecular formula is C23H21BrN2O4S. The maximum absolute atomic E-state index is 13.0. The molecule has 0 fully saturated rings. The van der Waals surface area contributed by atoms with Gasteiger partial charge in [-0.05, 0) is 54.5 Å². The van der Waals surface area contributed by atoms with Gasteiger partial charge in [-0.2, -0.15) is 0 Å². The summed E-state index contributed by atoms with van der Waals surface area (Å²) in [4.78, 5) is 30.6. The number of rotatable bonds is 8. The average molecular weight is 501 g/mol. The largest absolute Gasteiger partial charge is 0.493 e. The first-order chi connectivity index (χ1) is 15.0. The summed E-state index contributed by atoms with van der Waals surface area (Å²) in [6, 6.07) is 12.6. The Hall–Kier alpha value is -2.97. The number of benzene rings is 2. The number of esters is 1. The van der Waals surface area contributed by atoms with Gasteiger partial charge >= 0.3 is 5.97 Å². The van der Waals surface area contributed by atoms with Crippen LogP contribution in [0.15, 0.2) is 64.6 Å². The molecule has 0 aliphatic rings. The first kappa shape index (κ1) is 22.7. The molecule has 0 N–H and O–H groups in total. The van der Waals surface area contributed by atoms with Crippen molar-refractivity contribution in [3.8, 4) is 11.5 Å². The highest BCUT2D eigenvalue weighted by atomic mass is 79.9. The second-order valence-electron chi connectivity index (χ2n) is 6.43. The molecule has 0 saturated carbocycles. The van der Waals surface area contributed by atoms with Crippen LogP contribution in [0.2, 0.25) is 0 Å². The lowest BCUT2D eigenvalue weighted by atomic mass is 10.2. The molecule has 6 nitrogen and oxygen atoms in total. The van der Waals surface area contributed by atoms with Gasteiger partial charge in [0.2, 0.25) is 0 Å². The van der Waals surface area contributed by atoms with E-state index in [1.165, 1.54) is 24.5 Å². The zero-order valence-corrected chi connectivity index (χ0v) is 19.5. The minimum Gasteiger partial charge on any atom is -0.493 e. The third-order valence-electron chi connectivity index (χ3n) is 4.20. The molecule has 1 amide bonds. The number of aromatic nitrogens is 1. The number of hydrogen-bond donors (Lipinski definition) is 0. The standard InChI is InChI=1S/C23H21BrN2O4S/c1-3-4-22(28)30-19-11-5-16(15-20(19)29-2)6-12-21(27)26(23-25-13-14-31-23)18-9-7-17(24)8-10-18/h5-15H,3-4H2,1-2H3. The van der Waals surface area contributed by atoms with E-state index in [-0.39, 0.29) is 11.9 Å². The molecule has 0 aliphatic heterocycles. The first-order valence-corrected chi connectivity index (χ1v) is 11.2. The summed E-state index contributed by atoms with van der Waals surface area (Å²) in [5.41, 5.74) is 1.44. The zero-order valence-electron chi connectivity index (χ0n) is 17.1. The Morgan fingerprint density at radius 3 is 2.58 bits per heavy atom. The van der Waals surface area contributed by atoms with Crippen LogP contribution in [-0.2, 0) is 9.59 Å². The van der Waals surface area contributed by atoms with Gasteiger partial charge in [-0.15, -0.1) is 11.3 Å². The van der Waals surface area contributed by atoms with Crippen molar-refractivity contribution >= 4 is 56.0 Å². The lowest BCUT2D eigenvalue weighted by molar-refractivity contribution is -0.134. The number of ether oxygens (including phenoxy) is 2. The molecule has 0 spiro atoms. The highest BCUT2D eigenvalue weighted by Gasteiger charge is 2.18. The zero-order chi connectivity index (χ0) is 22.2. The predicted molar refractivity (Wildman–Crippen MR) is 126 cm³/mol. The van der Waals surface area contributed by atoms with E-state index in [0.717, 1.165) is 10.0 Å². The van der Waals surface area contributed by atoms with Gasteiger partial charge in [0.05, 0.1) is 12.8 Å². The summed E-state index contributed by atoms with van der Waals surface area (Å²) in [5, 5.41) is 2.40. The number of anilines is 2. The Morgan fingerprint density at radius 1 is 1.16 bits per heavy atom. The Morgan fingerprint density at radius 2 is 1.94 bits per heavy atom. The van der Waals surface area contributed by atoms with E-state index >= 15 is 0 Å². The van der Waals surface area contributed by atoms with Crippen molar-refractivity contribution in [2.24, 2.45) is 0 Å². The number of nitrogens with zero attached hydrogens (tertiary/aromatic N) is 2.